The normalized spacial score (nSPS) is 34.1. The summed E-state index contributed by atoms with van der Waals surface area (Å²) in [6.07, 6.45) is 10.9. The first kappa shape index (κ1) is 9.11. The summed E-state index contributed by atoms with van der Waals surface area (Å²) in [7, 11) is 2.12. The van der Waals surface area contributed by atoms with E-state index in [1.807, 2.05) is 0 Å². The second-order valence-corrected chi connectivity index (χ2v) is 3.36. The molecule has 0 aromatic carbocycles. The third-order valence-electron chi connectivity index (χ3n) is 2.15. The van der Waals surface area contributed by atoms with Crippen molar-refractivity contribution in [2.45, 2.75) is 13.8 Å². The molecule has 1 nitrogen and oxygen atoms in total. The van der Waals surface area contributed by atoms with Gasteiger partial charge in [-0.2, -0.15) is 0 Å². The summed E-state index contributed by atoms with van der Waals surface area (Å²) in [5, 5.41) is 0. The highest BCUT2D eigenvalue weighted by Gasteiger charge is 1.99. The summed E-state index contributed by atoms with van der Waals surface area (Å²) >= 11 is 0. The summed E-state index contributed by atoms with van der Waals surface area (Å²) in [4.78, 5) is 2.25. The molecule has 1 atom stereocenters. The molecule has 1 aliphatic heterocycles. The van der Waals surface area contributed by atoms with Crippen molar-refractivity contribution in [3.05, 3.63) is 36.1 Å². The fourth-order valence-electron chi connectivity index (χ4n) is 1.24. The molecule has 0 spiro atoms. The predicted molar refractivity (Wildman–Crippen MR) is 53.8 cm³/mol. The van der Waals surface area contributed by atoms with Crippen LogP contribution < -0.4 is 0 Å². The molecule has 0 radical (unpaired) electrons. The second-order valence-electron chi connectivity index (χ2n) is 3.36. The number of hydrogen-bond donors (Lipinski definition) is 0. The van der Waals surface area contributed by atoms with Crippen LogP contribution in [-0.2, 0) is 0 Å². The highest BCUT2D eigenvalue weighted by molar-refractivity contribution is 5.13. The van der Waals surface area contributed by atoms with E-state index in [2.05, 4.69) is 56.2 Å². The maximum absolute atomic E-state index is 2.28. The van der Waals surface area contributed by atoms with Crippen LogP contribution >= 0.6 is 0 Å². The summed E-state index contributed by atoms with van der Waals surface area (Å²) in [5.74, 6) is 0.537. The molecule has 1 aliphatic rings. The maximum Gasteiger partial charge on any atom is 0.0356 e. The van der Waals surface area contributed by atoms with Crippen LogP contribution in [-0.4, -0.2) is 18.5 Å². The van der Waals surface area contributed by atoms with E-state index >= 15 is 0 Å². The van der Waals surface area contributed by atoms with Gasteiger partial charge in [0.2, 0.25) is 0 Å². The largest absolute Gasteiger partial charge is 0.375 e. The van der Waals surface area contributed by atoms with E-state index in [1.54, 1.807) is 0 Å². The van der Waals surface area contributed by atoms with Gasteiger partial charge in [-0.05, 0) is 12.8 Å². The SMILES string of the molecule is C/C1=C/C(C)/C=C\C=C/CN1C. The first-order chi connectivity index (χ1) is 5.70. The quantitative estimate of drug-likeness (QED) is 0.530. The molecular formula is C11H17N. The molecule has 0 aliphatic carbocycles. The number of hydrogen-bond acceptors (Lipinski definition) is 1. The molecular weight excluding hydrogens is 146 g/mol. The lowest BCUT2D eigenvalue weighted by molar-refractivity contribution is 0.461. The molecule has 0 saturated carbocycles. The molecule has 1 heterocycles. The van der Waals surface area contributed by atoms with E-state index in [0.717, 1.165) is 6.54 Å². The van der Waals surface area contributed by atoms with E-state index in [1.165, 1.54) is 5.70 Å². The zero-order chi connectivity index (χ0) is 8.97. The third kappa shape index (κ3) is 2.57. The van der Waals surface area contributed by atoms with Crippen molar-refractivity contribution in [1.82, 2.24) is 4.90 Å². The number of nitrogens with zero attached hydrogens (tertiary/aromatic N) is 1. The highest BCUT2D eigenvalue weighted by Crippen LogP contribution is 2.09. The standard InChI is InChI=1S/C11H17N/c1-10-7-5-4-6-8-12(3)11(2)9-10/h4-7,9-10H,8H2,1-3H3/b6-4-,7-5-,11-9-. The van der Waals surface area contributed by atoms with E-state index in [-0.39, 0.29) is 0 Å². The minimum absolute atomic E-state index is 0.537. The first-order valence-electron chi connectivity index (χ1n) is 4.43. The minimum atomic E-state index is 0.537. The molecule has 0 amide bonds. The molecule has 0 N–H and O–H groups in total. The molecule has 0 saturated heterocycles. The molecule has 0 bridgehead atoms. The highest BCUT2D eigenvalue weighted by atomic mass is 15.1. The Morgan fingerprint density at radius 1 is 1.42 bits per heavy atom. The zero-order valence-electron chi connectivity index (χ0n) is 8.12. The van der Waals surface area contributed by atoms with E-state index in [9.17, 15) is 0 Å². The molecule has 1 unspecified atom stereocenters. The van der Waals surface area contributed by atoms with Crippen LogP contribution in [0.15, 0.2) is 36.1 Å². The lowest BCUT2D eigenvalue weighted by Gasteiger charge is -2.18. The summed E-state index contributed by atoms with van der Waals surface area (Å²) in [6, 6.07) is 0. The monoisotopic (exact) mass is 163 g/mol. The molecule has 1 rings (SSSR count). The van der Waals surface area contributed by atoms with Gasteiger partial charge in [0.05, 0.1) is 0 Å². The molecule has 0 fully saturated rings. The van der Waals surface area contributed by atoms with Gasteiger partial charge in [-0.25, -0.2) is 0 Å². The predicted octanol–water partition coefficient (Wildman–Crippen LogP) is 2.58. The van der Waals surface area contributed by atoms with Gasteiger partial charge in [0.25, 0.3) is 0 Å². The average Bonchev–Trinajstić information content (AvgIpc) is 2.07. The van der Waals surface area contributed by atoms with E-state index in [0.29, 0.717) is 5.92 Å². The molecule has 0 aromatic heterocycles. The summed E-state index contributed by atoms with van der Waals surface area (Å²) < 4.78 is 0. The molecule has 1 heteroatoms. The zero-order valence-corrected chi connectivity index (χ0v) is 8.12. The van der Waals surface area contributed by atoms with Crippen molar-refractivity contribution < 1.29 is 0 Å². The Bertz CT molecular complexity index is 223. The Labute approximate surface area is 75.1 Å². The van der Waals surface area contributed by atoms with Crippen molar-refractivity contribution in [2.75, 3.05) is 13.6 Å². The van der Waals surface area contributed by atoms with E-state index in [4.69, 9.17) is 0 Å². The van der Waals surface area contributed by atoms with Gasteiger partial charge in [0, 0.05) is 19.3 Å². The Kier molecular flexibility index (Phi) is 3.15. The van der Waals surface area contributed by atoms with Crippen LogP contribution in [0, 0.1) is 5.92 Å². The Hall–Kier alpha value is -0.980. The van der Waals surface area contributed by atoms with Gasteiger partial charge in [-0.15, -0.1) is 0 Å². The third-order valence-corrected chi connectivity index (χ3v) is 2.15. The Balaban J connectivity index is 2.79. The number of likely N-dealkylation sites (N-methyl/N-ethyl adjacent to an activating group) is 1. The smallest absolute Gasteiger partial charge is 0.0356 e. The van der Waals surface area contributed by atoms with Crippen molar-refractivity contribution in [2.24, 2.45) is 5.92 Å². The van der Waals surface area contributed by atoms with Gasteiger partial charge < -0.3 is 4.90 Å². The van der Waals surface area contributed by atoms with Gasteiger partial charge >= 0.3 is 0 Å². The fourth-order valence-corrected chi connectivity index (χ4v) is 1.24. The maximum atomic E-state index is 2.28. The average molecular weight is 163 g/mol. The topological polar surface area (TPSA) is 3.24 Å². The molecule has 66 valence electrons. The number of allylic oxidation sites excluding steroid dienone is 5. The minimum Gasteiger partial charge on any atom is -0.375 e. The fraction of sp³-hybridized carbons (Fsp3) is 0.455. The Morgan fingerprint density at radius 2 is 2.17 bits per heavy atom. The van der Waals surface area contributed by atoms with Crippen molar-refractivity contribution >= 4 is 0 Å². The van der Waals surface area contributed by atoms with E-state index < -0.39 is 0 Å². The van der Waals surface area contributed by atoms with Gasteiger partial charge in [-0.1, -0.05) is 37.3 Å². The molecule has 12 heavy (non-hydrogen) atoms. The summed E-state index contributed by atoms with van der Waals surface area (Å²) in [6.45, 7) is 5.36. The van der Waals surface area contributed by atoms with Crippen LogP contribution in [0.1, 0.15) is 13.8 Å². The van der Waals surface area contributed by atoms with Crippen LogP contribution in [0.4, 0.5) is 0 Å². The van der Waals surface area contributed by atoms with Crippen molar-refractivity contribution in [3.8, 4) is 0 Å². The van der Waals surface area contributed by atoms with Crippen LogP contribution in [0.5, 0.6) is 0 Å². The van der Waals surface area contributed by atoms with Crippen LogP contribution in [0.25, 0.3) is 0 Å². The second kappa shape index (κ2) is 4.15. The Morgan fingerprint density at radius 3 is 2.92 bits per heavy atom. The molecule has 0 aromatic rings. The van der Waals surface area contributed by atoms with Gasteiger partial charge in [0.1, 0.15) is 0 Å². The lowest BCUT2D eigenvalue weighted by atomic mass is 10.1. The van der Waals surface area contributed by atoms with Gasteiger partial charge in [-0.3, -0.25) is 0 Å². The van der Waals surface area contributed by atoms with Crippen LogP contribution in [0.3, 0.4) is 0 Å². The lowest BCUT2D eigenvalue weighted by Crippen LogP contribution is -2.15. The van der Waals surface area contributed by atoms with Gasteiger partial charge in [0.15, 0.2) is 0 Å². The van der Waals surface area contributed by atoms with Crippen molar-refractivity contribution in [3.63, 3.8) is 0 Å². The number of rotatable bonds is 0. The summed E-state index contributed by atoms with van der Waals surface area (Å²) in [5.41, 5.74) is 1.35. The first-order valence-corrected chi connectivity index (χ1v) is 4.43. The van der Waals surface area contributed by atoms with Crippen molar-refractivity contribution in [1.29, 1.82) is 0 Å². The van der Waals surface area contributed by atoms with Crippen LogP contribution in [0.2, 0.25) is 0 Å².